The van der Waals surface area contributed by atoms with E-state index >= 15 is 0 Å². The van der Waals surface area contributed by atoms with Gasteiger partial charge in [-0.3, -0.25) is 0 Å². The molecule has 7 aromatic rings. The first-order valence-corrected chi connectivity index (χ1v) is 22.9. The van der Waals surface area contributed by atoms with Gasteiger partial charge in [-0.05, 0) is 0 Å². The summed E-state index contributed by atoms with van der Waals surface area (Å²) in [6.45, 7) is 0. The van der Waals surface area contributed by atoms with Gasteiger partial charge in [0.15, 0.2) is 0 Å². The molecule has 1 unspecified atom stereocenters. The number of ether oxygens (including phenoxy) is 3. The summed E-state index contributed by atoms with van der Waals surface area (Å²) in [6, 6.07) is 71.8. The fraction of sp³-hybridized carbons (Fsp3) is 0.106. The standard InChI is InChI=1S/C47H45O3P3/c1-48-37-24-30-44(31-25-37)53(45-32-26-38(49-2)27-33-45,46-34-28-39(50-3)29-35-46)47(52(42-20-12-6-13-21-42)43-22-14-7-15-23-43)36-51(40-16-8-4-9-17-40)41-18-10-5-11-19-41/h4-35,47,53H,36H2,1-3H3. The first-order chi connectivity index (χ1) is 26.1. The molecule has 266 valence electrons. The van der Waals surface area contributed by atoms with Gasteiger partial charge in [0.2, 0.25) is 0 Å². The summed E-state index contributed by atoms with van der Waals surface area (Å²) >= 11 is 0. The van der Waals surface area contributed by atoms with Crippen molar-refractivity contribution in [2.75, 3.05) is 27.5 Å². The average molecular weight is 751 g/mol. The van der Waals surface area contributed by atoms with Gasteiger partial charge < -0.3 is 0 Å². The van der Waals surface area contributed by atoms with Crippen LogP contribution in [-0.4, -0.2) is 32.9 Å². The Morgan fingerprint density at radius 1 is 0.377 bits per heavy atom. The molecule has 0 saturated heterocycles. The fourth-order valence-electron chi connectivity index (χ4n) is 7.49. The molecule has 7 rings (SSSR count). The molecule has 3 nitrogen and oxygen atoms in total. The van der Waals surface area contributed by atoms with Crippen LogP contribution in [0.15, 0.2) is 194 Å². The Morgan fingerprint density at radius 2 is 0.660 bits per heavy atom. The normalized spacial score (nSPS) is 12.3. The van der Waals surface area contributed by atoms with Crippen molar-refractivity contribution in [3.63, 3.8) is 0 Å². The summed E-state index contributed by atoms with van der Waals surface area (Å²) in [5.74, 6) is 2.55. The Labute approximate surface area is 317 Å². The molecule has 0 amide bonds. The van der Waals surface area contributed by atoms with Crippen molar-refractivity contribution in [1.82, 2.24) is 0 Å². The topological polar surface area (TPSA) is 27.7 Å². The monoisotopic (exact) mass is 750 g/mol. The SMILES string of the molecule is COc1ccc([PH](c2ccc(OC)cc2)(c2ccc(OC)cc2)C(CP(c2ccccc2)c2ccccc2)P(c2ccccc2)c2ccccc2)cc1. The average Bonchev–Trinajstić information content (AvgIpc) is 3.25. The van der Waals surface area contributed by atoms with Gasteiger partial charge in [0.1, 0.15) is 0 Å². The molecular weight excluding hydrogens is 705 g/mol. The first kappa shape index (κ1) is 36.6. The van der Waals surface area contributed by atoms with E-state index in [1.165, 1.54) is 37.1 Å². The van der Waals surface area contributed by atoms with E-state index < -0.39 is 23.1 Å². The summed E-state index contributed by atoms with van der Waals surface area (Å²) in [7, 11) is 0.462. The Morgan fingerprint density at radius 3 is 0.943 bits per heavy atom. The maximum atomic E-state index is 5.77. The molecule has 0 spiro atoms. The van der Waals surface area contributed by atoms with Crippen molar-refractivity contribution < 1.29 is 14.2 Å². The third-order valence-corrected chi connectivity index (χ3v) is 22.6. The molecule has 0 N–H and O–H groups in total. The van der Waals surface area contributed by atoms with Crippen LogP contribution >= 0.6 is 23.1 Å². The summed E-state index contributed by atoms with van der Waals surface area (Å²) in [4.78, 5) is 0. The van der Waals surface area contributed by atoms with Crippen molar-refractivity contribution in [3.8, 4) is 17.2 Å². The Bertz CT molecular complexity index is 1950. The van der Waals surface area contributed by atoms with E-state index in [2.05, 4.69) is 194 Å². The van der Waals surface area contributed by atoms with Crippen LogP contribution in [0.4, 0.5) is 0 Å². The number of hydrogen-bond acceptors (Lipinski definition) is 3. The molecule has 0 aliphatic heterocycles. The Balaban J connectivity index is 1.63. The van der Waals surface area contributed by atoms with Crippen LogP contribution in [0.1, 0.15) is 0 Å². The first-order valence-electron chi connectivity index (χ1n) is 17.9. The van der Waals surface area contributed by atoms with Crippen molar-refractivity contribution >= 4 is 60.2 Å². The van der Waals surface area contributed by atoms with Gasteiger partial charge in [-0.1, -0.05) is 0 Å². The van der Waals surface area contributed by atoms with E-state index in [0.717, 1.165) is 23.4 Å². The zero-order valence-electron chi connectivity index (χ0n) is 30.4. The molecule has 0 radical (unpaired) electrons. The van der Waals surface area contributed by atoms with Crippen LogP contribution in [0.25, 0.3) is 0 Å². The van der Waals surface area contributed by atoms with Crippen molar-refractivity contribution in [2.24, 2.45) is 0 Å². The fourth-order valence-corrected chi connectivity index (χ4v) is 22.4. The van der Waals surface area contributed by atoms with Crippen molar-refractivity contribution in [2.45, 2.75) is 5.40 Å². The quantitative estimate of drug-likeness (QED) is 0.105. The molecule has 7 aromatic carbocycles. The molecule has 0 saturated carbocycles. The molecule has 53 heavy (non-hydrogen) atoms. The van der Waals surface area contributed by atoms with E-state index in [4.69, 9.17) is 14.2 Å². The minimum absolute atomic E-state index is 0.198. The molecule has 0 aliphatic rings. The summed E-state index contributed by atoms with van der Waals surface area (Å²) in [5.41, 5.74) is 0. The number of benzene rings is 7. The van der Waals surface area contributed by atoms with Crippen LogP contribution in [0, 0.1) is 0 Å². The van der Waals surface area contributed by atoms with Crippen LogP contribution in [0.5, 0.6) is 17.2 Å². The predicted molar refractivity (Wildman–Crippen MR) is 233 cm³/mol. The molecule has 0 aromatic heterocycles. The molecule has 0 fully saturated rings. The van der Waals surface area contributed by atoms with Crippen LogP contribution in [0.2, 0.25) is 0 Å². The van der Waals surface area contributed by atoms with Crippen LogP contribution in [-0.2, 0) is 0 Å². The third kappa shape index (κ3) is 7.81. The zero-order valence-corrected chi connectivity index (χ0v) is 33.2. The summed E-state index contributed by atoms with van der Waals surface area (Å²) in [6.07, 6.45) is 0.981. The Hall–Kier alpha value is -4.77. The summed E-state index contributed by atoms with van der Waals surface area (Å²) < 4.78 is 17.3. The van der Waals surface area contributed by atoms with Crippen LogP contribution in [0.3, 0.4) is 0 Å². The third-order valence-electron chi connectivity index (χ3n) is 10.0. The van der Waals surface area contributed by atoms with Gasteiger partial charge in [-0.25, -0.2) is 0 Å². The number of rotatable bonds is 14. The zero-order chi connectivity index (χ0) is 36.5. The molecule has 0 bridgehead atoms. The second-order valence-corrected chi connectivity index (χ2v) is 22.0. The van der Waals surface area contributed by atoms with Crippen molar-refractivity contribution in [3.05, 3.63) is 194 Å². The predicted octanol–water partition coefficient (Wildman–Crippen LogP) is 8.33. The van der Waals surface area contributed by atoms with Gasteiger partial charge in [0.05, 0.1) is 0 Å². The van der Waals surface area contributed by atoms with Crippen LogP contribution < -0.4 is 51.3 Å². The minimum atomic E-state index is -3.04. The molecule has 0 aliphatic carbocycles. The summed E-state index contributed by atoms with van der Waals surface area (Å²) in [5, 5.41) is 9.75. The van der Waals surface area contributed by atoms with E-state index in [1.54, 1.807) is 21.3 Å². The van der Waals surface area contributed by atoms with Gasteiger partial charge in [-0.15, -0.1) is 0 Å². The van der Waals surface area contributed by atoms with E-state index in [0.29, 0.717) is 0 Å². The van der Waals surface area contributed by atoms with Gasteiger partial charge in [0, 0.05) is 0 Å². The van der Waals surface area contributed by atoms with Gasteiger partial charge in [-0.2, -0.15) is 0 Å². The Kier molecular flexibility index (Phi) is 12.0. The maximum absolute atomic E-state index is 5.77. The molecule has 0 heterocycles. The second kappa shape index (κ2) is 17.4. The van der Waals surface area contributed by atoms with E-state index in [1.807, 2.05) is 0 Å². The second-order valence-electron chi connectivity index (χ2n) is 12.8. The number of hydrogen-bond donors (Lipinski definition) is 0. The molecular formula is C47H45O3P3. The molecule has 6 heteroatoms. The van der Waals surface area contributed by atoms with E-state index in [-0.39, 0.29) is 5.40 Å². The van der Waals surface area contributed by atoms with Gasteiger partial charge >= 0.3 is 319 Å². The number of methoxy groups -OCH3 is 3. The van der Waals surface area contributed by atoms with Crippen molar-refractivity contribution in [1.29, 1.82) is 0 Å². The van der Waals surface area contributed by atoms with E-state index in [9.17, 15) is 0 Å². The van der Waals surface area contributed by atoms with Gasteiger partial charge in [0.25, 0.3) is 0 Å². The molecule has 1 atom stereocenters.